The highest BCUT2D eigenvalue weighted by Crippen LogP contribution is 2.29. The lowest BCUT2D eigenvalue weighted by Crippen LogP contribution is -2.14. The number of hydrogen-bond acceptors (Lipinski definition) is 5. The third-order valence-electron chi connectivity index (χ3n) is 4.36. The number of hydrogen-bond donors (Lipinski definition) is 0. The van der Waals surface area contributed by atoms with Gasteiger partial charge in [0.05, 0.1) is 12.4 Å². The number of allylic oxidation sites excluding steroid dienone is 1. The predicted octanol–water partition coefficient (Wildman–Crippen LogP) is 4.81. The zero-order valence-electron chi connectivity index (χ0n) is 16.3. The largest absolute Gasteiger partial charge is 0.497 e. The molecule has 144 valence electrons. The molecule has 1 atom stereocenters. The van der Waals surface area contributed by atoms with Crippen LogP contribution in [0.3, 0.4) is 0 Å². The molecule has 28 heavy (non-hydrogen) atoms. The first kappa shape index (κ1) is 19.9. The molecule has 0 radical (unpaired) electrons. The standard InChI is InChI=1S/C22H23N3O2S/c1-5-14-25-21(18-10-12-19(27-4)13-11-18)23-24-22(25)28-16(3)20(26)17-8-6-15(2)7-9-17/h5-13,16H,1,14H2,2-4H3/t16-/m1/s1. The topological polar surface area (TPSA) is 57.0 Å². The van der Waals surface area contributed by atoms with E-state index in [1.807, 2.05) is 66.9 Å². The second-order valence-electron chi connectivity index (χ2n) is 6.42. The first-order valence-electron chi connectivity index (χ1n) is 8.99. The zero-order chi connectivity index (χ0) is 20.1. The van der Waals surface area contributed by atoms with Crippen LogP contribution >= 0.6 is 11.8 Å². The van der Waals surface area contributed by atoms with Gasteiger partial charge in [-0.05, 0) is 38.1 Å². The number of nitrogens with zero attached hydrogens (tertiary/aromatic N) is 3. The van der Waals surface area contributed by atoms with E-state index in [-0.39, 0.29) is 11.0 Å². The highest BCUT2D eigenvalue weighted by Gasteiger charge is 2.21. The van der Waals surface area contributed by atoms with Gasteiger partial charge in [0.1, 0.15) is 5.75 Å². The number of thioether (sulfide) groups is 1. The van der Waals surface area contributed by atoms with Crippen molar-refractivity contribution in [3.8, 4) is 17.1 Å². The Morgan fingerprint density at radius 3 is 2.46 bits per heavy atom. The lowest BCUT2D eigenvalue weighted by atomic mass is 10.1. The highest BCUT2D eigenvalue weighted by atomic mass is 32.2. The molecule has 0 bridgehead atoms. The maximum atomic E-state index is 12.8. The Balaban J connectivity index is 1.85. The summed E-state index contributed by atoms with van der Waals surface area (Å²) in [4.78, 5) is 12.8. The molecule has 0 aliphatic heterocycles. The summed E-state index contributed by atoms with van der Waals surface area (Å²) in [6, 6.07) is 15.3. The van der Waals surface area contributed by atoms with E-state index >= 15 is 0 Å². The summed E-state index contributed by atoms with van der Waals surface area (Å²) in [6.07, 6.45) is 1.80. The summed E-state index contributed by atoms with van der Waals surface area (Å²) in [5.74, 6) is 1.59. The fourth-order valence-electron chi connectivity index (χ4n) is 2.79. The van der Waals surface area contributed by atoms with Gasteiger partial charge in [0, 0.05) is 17.7 Å². The summed E-state index contributed by atoms with van der Waals surface area (Å²) in [5, 5.41) is 9.09. The van der Waals surface area contributed by atoms with Crippen LogP contribution in [0, 0.1) is 6.92 Å². The van der Waals surface area contributed by atoms with E-state index < -0.39 is 0 Å². The minimum absolute atomic E-state index is 0.0733. The lowest BCUT2D eigenvalue weighted by molar-refractivity contribution is 0.0994. The fourth-order valence-corrected chi connectivity index (χ4v) is 3.72. The molecular weight excluding hydrogens is 370 g/mol. The Kier molecular flexibility index (Phi) is 6.31. The third kappa shape index (κ3) is 4.34. The van der Waals surface area contributed by atoms with Crippen molar-refractivity contribution in [1.29, 1.82) is 0 Å². The Morgan fingerprint density at radius 2 is 1.86 bits per heavy atom. The van der Waals surface area contributed by atoms with E-state index in [2.05, 4.69) is 16.8 Å². The van der Waals surface area contributed by atoms with Crippen LogP contribution in [-0.2, 0) is 6.54 Å². The molecule has 3 rings (SSSR count). The maximum absolute atomic E-state index is 12.8. The quantitative estimate of drug-likeness (QED) is 0.312. The second kappa shape index (κ2) is 8.89. The minimum Gasteiger partial charge on any atom is -0.497 e. The number of ether oxygens (including phenoxy) is 1. The van der Waals surface area contributed by atoms with Gasteiger partial charge in [-0.15, -0.1) is 16.8 Å². The van der Waals surface area contributed by atoms with Gasteiger partial charge in [0.25, 0.3) is 0 Å². The molecule has 0 unspecified atom stereocenters. The summed E-state index contributed by atoms with van der Waals surface area (Å²) in [6.45, 7) is 8.29. The smallest absolute Gasteiger partial charge is 0.192 e. The van der Waals surface area contributed by atoms with E-state index in [4.69, 9.17) is 4.74 Å². The van der Waals surface area contributed by atoms with Gasteiger partial charge in [-0.2, -0.15) is 0 Å². The number of Topliss-reactive ketones (excluding diaryl/α,β-unsaturated/α-hetero) is 1. The van der Waals surface area contributed by atoms with Gasteiger partial charge in [0.15, 0.2) is 16.8 Å². The molecule has 0 saturated heterocycles. The molecule has 0 fully saturated rings. The molecule has 0 N–H and O–H groups in total. The number of rotatable bonds is 8. The van der Waals surface area contributed by atoms with E-state index in [1.165, 1.54) is 11.8 Å². The monoisotopic (exact) mass is 393 g/mol. The van der Waals surface area contributed by atoms with E-state index in [1.54, 1.807) is 13.2 Å². The van der Waals surface area contributed by atoms with Crippen molar-refractivity contribution < 1.29 is 9.53 Å². The van der Waals surface area contributed by atoms with E-state index in [0.29, 0.717) is 17.3 Å². The molecule has 0 aliphatic carbocycles. The molecule has 1 aromatic heterocycles. The molecule has 2 aromatic carbocycles. The van der Waals surface area contributed by atoms with Crippen LogP contribution in [0.4, 0.5) is 0 Å². The van der Waals surface area contributed by atoms with Crippen molar-refractivity contribution in [1.82, 2.24) is 14.8 Å². The number of carbonyl (C=O) groups is 1. The number of carbonyl (C=O) groups excluding carboxylic acids is 1. The van der Waals surface area contributed by atoms with Gasteiger partial charge in [-0.25, -0.2) is 0 Å². The van der Waals surface area contributed by atoms with Gasteiger partial charge in [0.2, 0.25) is 0 Å². The number of benzene rings is 2. The third-order valence-corrected chi connectivity index (χ3v) is 5.44. The van der Waals surface area contributed by atoms with Crippen LogP contribution in [0.2, 0.25) is 0 Å². The van der Waals surface area contributed by atoms with Crippen molar-refractivity contribution >= 4 is 17.5 Å². The minimum atomic E-state index is -0.279. The first-order valence-corrected chi connectivity index (χ1v) is 9.87. The lowest BCUT2D eigenvalue weighted by Gasteiger charge is -2.12. The van der Waals surface area contributed by atoms with Crippen molar-refractivity contribution in [3.63, 3.8) is 0 Å². The average molecular weight is 394 g/mol. The summed E-state index contributed by atoms with van der Waals surface area (Å²) < 4.78 is 7.19. The van der Waals surface area contributed by atoms with E-state index in [0.717, 1.165) is 22.7 Å². The Hall–Kier alpha value is -2.86. The normalized spacial score (nSPS) is 11.8. The van der Waals surface area contributed by atoms with Crippen molar-refractivity contribution in [2.75, 3.05) is 7.11 Å². The molecule has 0 saturated carbocycles. The van der Waals surface area contributed by atoms with Gasteiger partial charge < -0.3 is 4.74 Å². The summed E-state index contributed by atoms with van der Waals surface area (Å²) in [7, 11) is 1.64. The highest BCUT2D eigenvalue weighted by molar-refractivity contribution is 8.00. The summed E-state index contributed by atoms with van der Waals surface area (Å²) >= 11 is 1.41. The number of ketones is 1. The SMILES string of the molecule is C=CCn1c(S[C@H](C)C(=O)c2ccc(C)cc2)nnc1-c1ccc(OC)cc1. The molecule has 5 nitrogen and oxygen atoms in total. The van der Waals surface area contributed by atoms with Crippen LogP contribution in [0.1, 0.15) is 22.8 Å². The van der Waals surface area contributed by atoms with Crippen LogP contribution in [0.15, 0.2) is 66.3 Å². The van der Waals surface area contributed by atoms with Crippen LogP contribution in [0.5, 0.6) is 5.75 Å². The molecule has 0 aliphatic rings. The van der Waals surface area contributed by atoms with Crippen LogP contribution < -0.4 is 4.74 Å². The molecule has 3 aromatic rings. The molecule has 0 spiro atoms. The van der Waals surface area contributed by atoms with Crippen molar-refractivity contribution in [2.24, 2.45) is 0 Å². The molecule has 1 heterocycles. The number of aromatic nitrogens is 3. The molecular formula is C22H23N3O2S. The zero-order valence-corrected chi connectivity index (χ0v) is 17.1. The van der Waals surface area contributed by atoms with Crippen molar-refractivity contribution in [2.45, 2.75) is 30.8 Å². The second-order valence-corrected chi connectivity index (χ2v) is 7.73. The molecule has 6 heteroatoms. The van der Waals surface area contributed by atoms with Crippen LogP contribution in [0.25, 0.3) is 11.4 Å². The number of aryl methyl sites for hydroxylation is 1. The maximum Gasteiger partial charge on any atom is 0.192 e. The average Bonchev–Trinajstić information content (AvgIpc) is 3.10. The van der Waals surface area contributed by atoms with Crippen molar-refractivity contribution in [3.05, 3.63) is 72.3 Å². The van der Waals surface area contributed by atoms with Gasteiger partial charge in [-0.1, -0.05) is 47.7 Å². The Labute approximate surface area is 169 Å². The predicted molar refractivity (Wildman–Crippen MR) is 113 cm³/mol. The first-order chi connectivity index (χ1) is 13.5. The van der Waals surface area contributed by atoms with Crippen LogP contribution in [-0.4, -0.2) is 32.9 Å². The van der Waals surface area contributed by atoms with E-state index in [9.17, 15) is 4.79 Å². The summed E-state index contributed by atoms with van der Waals surface area (Å²) in [5.41, 5.74) is 2.77. The molecule has 0 amide bonds. The number of methoxy groups -OCH3 is 1. The van der Waals surface area contributed by atoms with Gasteiger partial charge in [-0.3, -0.25) is 9.36 Å². The fraction of sp³-hybridized carbons (Fsp3) is 0.227. The van der Waals surface area contributed by atoms with Gasteiger partial charge >= 0.3 is 0 Å². The Bertz CT molecular complexity index is 962. The Morgan fingerprint density at radius 1 is 1.18 bits per heavy atom.